The van der Waals surface area contributed by atoms with E-state index in [0.717, 1.165) is 16.7 Å². The fourth-order valence-corrected chi connectivity index (χ4v) is 1.82. The molecule has 1 aromatic heterocycles. The smallest absolute Gasteiger partial charge is 0.234 e. The fourth-order valence-electron chi connectivity index (χ4n) is 1.82. The largest absolute Gasteiger partial charge is 0.491 e. The van der Waals surface area contributed by atoms with Crippen LogP contribution in [0.4, 0.5) is 0 Å². The number of nitrogens with one attached hydrogen (secondary N) is 1. The van der Waals surface area contributed by atoms with Gasteiger partial charge in [-0.25, -0.2) is 5.84 Å². The van der Waals surface area contributed by atoms with Crippen molar-refractivity contribution >= 4 is 16.8 Å². The van der Waals surface area contributed by atoms with Gasteiger partial charge in [0.1, 0.15) is 5.75 Å². The summed E-state index contributed by atoms with van der Waals surface area (Å²) in [5, 5.41) is 1.07. The molecular formula is C14H17N3O2. The maximum Gasteiger partial charge on any atom is 0.234 e. The second-order valence-corrected chi connectivity index (χ2v) is 4.39. The van der Waals surface area contributed by atoms with E-state index in [4.69, 9.17) is 10.6 Å². The SMILES string of the molecule is CC(CCC(=O)NN)Oc1ccc2cccnc2c1. The number of hydrazine groups is 1. The quantitative estimate of drug-likeness (QED) is 0.487. The summed E-state index contributed by atoms with van der Waals surface area (Å²) in [6, 6.07) is 9.67. The molecule has 0 aliphatic rings. The third-order valence-electron chi connectivity index (χ3n) is 2.85. The van der Waals surface area contributed by atoms with Crippen molar-refractivity contribution in [1.82, 2.24) is 10.4 Å². The van der Waals surface area contributed by atoms with Crippen LogP contribution in [0.2, 0.25) is 0 Å². The van der Waals surface area contributed by atoms with E-state index in [1.807, 2.05) is 37.3 Å². The number of amides is 1. The number of aromatic nitrogens is 1. The van der Waals surface area contributed by atoms with E-state index < -0.39 is 0 Å². The molecule has 0 bridgehead atoms. The molecule has 5 nitrogen and oxygen atoms in total. The predicted molar refractivity (Wildman–Crippen MR) is 73.4 cm³/mol. The zero-order valence-electron chi connectivity index (χ0n) is 10.8. The molecule has 1 atom stereocenters. The highest BCUT2D eigenvalue weighted by atomic mass is 16.5. The van der Waals surface area contributed by atoms with Gasteiger partial charge in [0.25, 0.3) is 0 Å². The Kier molecular flexibility index (Phi) is 4.30. The first-order valence-corrected chi connectivity index (χ1v) is 6.20. The molecule has 0 radical (unpaired) electrons. The highest BCUT2D eigenvalue weighted by Gasteiger charge is 2.08. The molecule has 2 aromatic rings. The number of carbonyl (C=O) groups is 1. The predicted octanol–water partition coefficient (Wildman–Crippen LogP) is 1.77. The van der Waals surface area contributed by atoms with E-state index >= 15 is 0 Å². The Morgan fingerprint density at radius 3 is 3.11 bits per heavy atom. The molecule has 1 amide bonds. The van der Waals surface area contributed by atoms with Crippen molar-refractivity contribution < 1.29 is 9.53 Å². The number of hydrogen-bond donors (Lipinski definition) is 2. The van der Waals surface area contributed by atoms with Gasteiger partial charge in [-0.15, -0.1) is 0 Å². The molecule has 0 fully saturated rings. The van der Waals surface area contributed by atoms with Crippen molar-refractivity contribution in [3.63, 3.8) is 0 Å². The summed E-state index contributed by atoms with van der Waals surface area (Å²) in [5.74, 6) is 5.60. The van der Waals surface area contributed by atoms with Crippen LogP contribution in [0.3, 0.4) is 0 Å². The number of ether oxygens (including phenoxy) is 1. The van der Waals surface area contributed by atoms with Crippen LogP contribution in [0.15, 0.2) is 36.5 Å². The van der Waals surface area contributed by atoms with Gasteiger partial charge in [0, 0.05) is 24.1 Å². The van der Waals surface area contributed by atoms with Crippen LogP contribution in [0.5, 0.6) is 5.75 Å². The minimum absolute atomic E-state index is 0.0570. The van der Waals surface area contributed by atoms with Gasteiger partial charge in [-0.1, -0.05) is 6.07 Å². The molecule has 19 heavy (non-hydrogen) atoms. The summed E-state index contributed by atoms with van der Waals surface area (Å²) < 4.78 is 5.76. The van der Waals surface area contributed by atoms with Crippen LogP contribution < -0.4 is 16.0 Å². The van der Waals surface area contributed by atoms with Gasteiger partial charge < -0.3 is 4.74 Å². The minimum atomic E-state index is -0.185. The van der Waals surface area contributed by atoms with Crippen LogP contribution in [0.25, 0.3) is 10.9 Å². The van der Waals surface area contributed by atoms with Gasteiger partial charge in [-0.2, -0.15) is 0 Å². The lowest BCUT2D eigenvalue weighted by atomic mass is 10.2. The van der Waals surface area contributed by atoms with Crippen molar-refractivity contribution in [3.05, 3.63) is 36.5 Å². The standard InChI is InChI=1S/C14H17N3O2/c1-10(4-7-14(18)17-15)19-12-6-5-11-3-2-8-16-13(11)9-12/h2-3,5-6,8-10H,4,7,15H2,1H3,(H,17,18). The highest BCUT2D eigenvalue weighted by molar-refractivity contribution is 5.79. The Balaban J connectivity index is 1.98. The first-order valence-electron chi connectivity index (χ1n) is 6.20. The van der Waals surface area contributed by atoms with Gasteiger partial charge >= 0.3 is 0 Å². The zero-order chi connectivity index (χ0) is 13.7. The zero-order valence-corrected chi connectivity index (χ0v) is 10.8. The van der Waals surface area contributed by atoms with E-state index in [9.17, 15) is 4.79 Å². The Labute approximate surface area is 111 Å². The van der Waals surface area contributed by atoms with E-state index in [1.165, 1.54) is 0 Å². The molecule has 0 spiro atoms. The molecule has 3 N–H and O–H groups in total. The first-order chi connectivity index (χ1) is 9.19. The molecular weight excluding hydrogens is 242 g/mol. The molecule has 1 aromatic carbocycles. The Hall–Kier alpha value is -2.14. The van der Waals surface area contributed by atoms with Crippen molar-refractivity contribution in [2.75, 3.05) is 0 Å². The number of rotatable bonds is 5. The van der Waals surface area contributed by atoms with Crippen molar-refractivity contribution in [3.8, 4) is 5.75 Å². The van der Waals surface area contributed by atoms with E-state index in [2.05, 4.69) is 10.4 Å². The van der Waals surface area contributed by atoms with Crippen molar-refractivity contribution in [2.24, 2.45) is 5.84 Å². The number of hydrogen-bond acceptors (Lipinski definition) is 4. The molecule has 0 saturated heterocycles. The fraction of sp³-hybridized carbons (Fsp3) is 0.286. The molecule has 5 heteroatoms. The molecule has 0 aliphatic heterocycles. The van der Waals surface area contributed by atoms with Crippen LogP contribution in [0, 0.1) is 0 Å². The van der Waals surface area contributed by atoms with Crippen molar-refractivity contribution in [1.29, 1.82) is 0 Å². The molecule has 0 aliphatic carbocycles. The maximum absolute atomic E-state index is 11.0. The second kappa shape index (κ2) is 6.15. The highest BCUT2D eigenvalue weighted by Crippen LogP contribution is 2.20. The summed E-state index contributed by atoms with van der Waals surface area (Å²) in [6.45, 7) is 1.92. The van der Waals surface area contributed by atoms with Gasteiger partial charge in [-0.05, 0) is 31.5 Å². The van der Waals surface area contributed by atoms with Gasteiger partial charge in [-0.3, -0.25) is 15.2 Å². The topological polar surface area (TPSA) is 77.2 Å². The molecule has 1 unspecified atom stereocenters. The number of fused-ring (bicyclic) bond motifs is 1. The third-order valence-corrected chi connectivity index (χ3v) is 2.85. The Morgan fingerprint density at radius 2 is 2.32 bits per heavy atom. The number of benzene rings is 1. The van der Waals surface area contributed by atoms with E-state index in [0.29, 0.717) is 12.8 Å². The summed E-state index contributed by atoms with van der Waals surface area (Å²) in [4.78, 5) is 15.3. The second-order valence-electron chi connectivity index (χ2n) is 4.39. The number of carbonyl (C=O) groups excluding carboxylic acids is 1. The van der Waals surface area contributed by atoms with Gasteiger partial charge in [0.05, 0.1) is 11.6 Å². The van der Waals surface area contributed by atoms with Crippen molar-refractivity contribution in [2.45, 2.75) is 25.9 Å². The number of pyridine rings is 1. The average Bonchev–Trinajstić information content (AvgIpc) is 2.44. The lowest BCUT2D eigenvalue weighted by molar-refractivity contribution is -0.121. The summed E-state index contributed by atoms with van der Waals surface area (Å²) in [7, 11) is 0. The third kappa shape index (κ3) is 3.66. The summed E-state index contributed by atoms with van der Waals surface area (Å²) in [6.07, 6.45) is 2.66. The number of nitrogens with two attached hydrogens (primary N) is 1. The summed E-state index contributed by atoms with van der Waals surface area (Å²) >= 11 is 0. The molecule has 2 rings (SSSR count). The maximum atomic E-state index is 11.0. The van der Waals surface area contributed by atoms with Gasteiger partial charge in [0.2, 0.25) is 5.91 Å². The van der Waals surface area contributed by atoms with Crippen LogP contribution in [-0.4, -0.2) is 17.0 Å². The first kappa shape index (κ1) is 13.3. The Bertz CT molecular complexity index is 571. The monoisotopic (exact) mass is 259 g/mol. The number of nitrogens with zero attached hydrogens (tertiary/aromatic N) is 1. The summed E-state index contributed by atoms with van der Waals surface area (Å²) in [5.41, 5.74) is 3.00. The van der Waals surface area contributed by atoms with Crippen LogP contribution in [0.1, 0.15) is 19.8 Å². The normalized spacial score (nSPS) is 12.1. The van der Waals surface area contributed by atoms with E-state index in [-0.39, 0.29) is 12.0 Å². The van der Waals surface area contributed by atoms with E-state index in [1.54, 1.807) is 6.20 Å². The molecule has 0 saturated carbocycles. The average molecular weight is 259 g/mol. The van der Waals surface area contributed by atoms with Crippen LogP contribution in [-0.2, 0) is 4.79 Å². The minimum Gasteiger partial charge on any atom is -0.491 e. The lowest BCUT2D eigenvalue weighted by Gasteiger charge is -2.14. The lowest BCUT2D eigenvalue weighted by Crippen LogP contribution is -2.30. The molecule has 1 heterocycles. The van der Waals surface area contributed by atoms with Gasteiger partial charge in [0.15, 0.2) is 0 Å². The van der Waals surface area contributed by atoms with Crippen LogP contribution >= 0.6 is 0 Å². The molecule has 100 valence electrons. The Morgan fingerprint density at radius 1 is 1.47 bits per heavy atom.